The summed E-state index contributed by atoms with van der Waals surface area (Å²) in [5.41, 5.74) is 8.00. The molecule has 1 aromatic carbocycles. The molecule has 2 atom stereocenters. The Labute approximate surface area is 182 Å². The van der Waals surface area contributed by atoms with Gasteiger partial charge in [-0.1, -0.05) is 18.6 Å². The maximum atomic E-state index is 13.4. The number of carbonyl (C=O) groups is 1. The van der Waals surface area contributed by atoms with Crippen LogP contribution in [0.5, 0.6) is 0 Å². The van der Waals surface area contributed by atoms with Gasteiger partial charge in [0.05, 0.1) is 11.7 Å². The van der Waals surface area contributed by atoms with E-state index in [0.29, 0.717) is 23.1 Å². The molecule has 4 aromatic rings. The van der Waals surface area contributed by atoms with Crippen molar-refractivity contribution in [2.75, 3.05) is 0 Å². The number of primary amides is 1. The predicted octanol–water partition coefficient (Wildman–Crippen LogP) is 3.22. The molecule has 1 fully saturated rings. The molecule has 1 aliphatic rings. The summed E-state index contributed by atoms with van der Waals surface area (Å²) in [5, 5.41) is 11.3. The van der Waals surface area contributed by atoms with Gasteiger partial charge in [0.1, 0.15) is 11.3 Å². The van der Waals surface area contributed by atoms with E-state index in [9.17, 15) is 19.2 Å². The number of aromatic nitrogens is 3. The molecule has 32 heavy (non-hydrogen) atoms. The van der Waals surface area contributed by atoms with Crippen LogP contribution in [0.15, 0.2) is 53.7 Å². The molecule has 7 nitrogen and oxygen atoms in total. The largest absolute Gasteiger partial charge is 0.425 e. The standard InChI is InChI=1S/C24H23FN4O3/c25-17-6-4-14(5-7-17)12-28-13-16(10-15-2-1-3-18(15)23(26)30)21-19-8-9-29(32)24(31)22(19)27-11-20(21)28/h4-9,11,13,15,18,32H,1-3,10,12H2,(H2,26,30)/t15?,18-/m1/s1. The van der Waals surface area contributed by atoms with Crippen LogP contribution in [-0.4, -0.2) is 25.4 Å². The number of halogens is 1. The molecule has 3 aromatic heterocycles. The number of nitrogens with zero attached hydrogens (tertiary/aromatic N) is 3. The molecule has 3 heterocycles. The van der Waals surface area contributed by atoms with Gasteiger partial charge in [0.2, 0.25) is 5.91 Å². The minimum absolute atomic E-state index is 0.138. The lowest BCUT2D eigenvalue weighted by Gasteiger charge is -2.16. The molecule has 0 saturated heterocycles. The van der Waals surface area contributed by atoms with E-state index in [-0.39, 0.29) is 29.1 Å². The van der Waals surface area contributed by atoms with Gasteiger partial charge in [-0.25, -0.2) is 9.37 Å². The third kappa shape index (κ3) is 3.41. The molecular formula is C24H23FN4O3. The lowest BCUT2D eigenvalue weighted by atomic mass is 9.89. The number of hydrogen-bond acceptors (Lipinski definition) is 4. The van der Waals surface area contributed by atoms with E-state index >= 15 is 0 Å². The average molecular weight is 434 g/mol. The van der Waals surface area contributed by atoms with E-state index in [2.05, 4.69) is 4.98 Å². The van der Waals surface area contributed by atoms with E-state index in [0.717, 1.165) is 41.3 Å². The summed E-state index contributed by atoms with van der Waals surface area (Å²) < 4.78 is 15.9. The highest BCUT2D eigenvalue weighted by atomic mass is 19.1. The summed E-state index contributed by atoms with van der Waals surface area (Å²) in [6.07, 6.45) is 8.30. The summed E-state index contributed by atoms with van der Waals surface area (Å²) in [4.78, 5) is 28.7. The summed E-state index contributed by atoms with van der Waals surface area (Å²) in [6, 6.07) is 8.00. The minimum atomic E-state index is -0.586. The number of carbonyl (C=O) groups excluding carboxylic acids is 1. The van der Waals surface area contributed by atoms with Crippen LogP contribution in [0.25, 0.3) is 21.8 Å². The molecular weight excluding hydrogens is 411 g/mol. The van der Waals surface area contributed by atoms with Gasteiger partial charge < -0.3 is 15.5 Å². The highest BCUT2D eigenvalue weighted by Crippen LogP contribution is 2.37. The Morgan fingerprint density at radius 2 is 2.00 bits per heavy atom. The summed E-state index contributed by atoms with van der Waals surface area (Å²) in [5.74, 6) is -0.581. The van der Waals surface area contributed by atoms with Crippen LogP contribution in [0, 0.1) is 17.7 Å². The van der Waals surface area contributed by atoms with Crippen LogP contribution in [-0.2, 0) is 17.8 Å². The summed E-state index contributed by atoms with van der Waals surface area (Å²) >= 11 is 0. The van der Waals surface area contributed by atoms with Gasteiger partial charge in [-0.3, -0.25) is 9.59 Å². The van der Waals surface area contributed by atoms with Crippen molar-refractivity contribution >= 4 is 27.7 Å². The zero-order valence-electron chi connectivity index (χ0n) is 17.4. The SMILES string of the molecule is NC(=O)[C@@H]1CCCC1Cc1cn(Cc2ccc(F)cc2)c2cnc3c(=O)n(O)ccc3c12. The molecule has 0 radical (unpaired) electrons. The average Bonchev–Trinajstić information content (AvgIpc) is 3.38. The van der Waals surface area contributed by atoms with Crippen molar-refractivity contribution in [3.8, 4) is 0 Å². The normalized spacial score (nSPS) is 18.5. The Bertz CT molecular complexity index is 1390. The topological polar surface area (TPSA) is 103 Å². The Morgan fingerprint density at radius 3 is 2.75 bits per heavy atom. The van der Waals surface area contributed by atoms with E-state index < -0.39 is 5.56 Å². The second kappa shape index (κ2) is 7.78. The first-order chi connectivity index (χ1) is 15.4. The van der Waals surface area contributed by atoms with Crippen molar-refractivity contribution < 1.29 is 14.4 Å². The van der Waals surface area contributed by atoms with Crippen LogP contribution in [0.4, 0.5) is 4.39 Å². The molecule has 1 unspecified atom stereocenters. The summed E-state index contributed by atoms with van der Waals surface area (Å²) in [6.45, 7) is 0.505. The highest BCUT2D eigenvalue weighted by Gasteiger charge is 2.32. The van der Waals surface area contributed by atoms with Gasteiger partial charge in [-0.15, -0.1) is 0 Å². The van der Waals surface area contributed by atoms with E-state index in [1.807, 2.05) is 10.8 Å². The Hall–Kier alpha value is -3.68. The summed E-state index contributed by atoms with van der Waals surface area (Å²) in [7, 11) is 0. The van der Waals surface area contributed by atoms with Gasteiger partial charge >= 0.3 is 5.56 Å². The fourth-order valence-corrected chi connectivity index (χ4v) is 5.06. The van der Waals surface area contributed by atoms with E-state index in [1.165, 1.54) is 18.3 Å². The van der Waals surface area contributed by atoms with Crippen molar-refractivity contribution in [2.45, 2.75) is 32.2 Å². The molecule has 0 aliphatic heterocycles. The fraction of sp³-hybridized carbons (Fsp3) is 0.292. The quantitative estimate of drug-likeness (QED) is 0.471. The first-order valence-corrected chi connectivity index (χ1v) is 10.7. The molecule has 5 rings (SSSR count). The molecule has 0 bridgehead atoms. The first kappa shape index (κ1) is 20.2. The van der Waals surface area contributed by atoms with Crippen LogP contribution in [0.3, 0.4) is 0 Å². The molecule has 1 aliphatic carbocycles. The first-order valence-electron chi connectivity index (χ1n) is 10.7. The highest BCUT2D eigenvalue weighted by molar-refractivity contribution is 6.06. The fourth-order valence-electron chi connectivity index (χ4n) is 5.06. The minimum Gasteiger partial charge on any atom is -0.425 e. The van der Waals surface area contributed by atoms with E-state index in [1.54, 1.807) is 24.4 Å². The van der Waals surface area contributed by atoms with Crippen molar-refractivity contribution in [3.63, 3.8) is 0 Å². The van der Waals surface area contributed by atoms with Crippen LogP contribution < -0.4 is 11.3 Å². The second-order valence-corrected chi connectivity index (χ2v) is 8.56. The van der Waals surface area contributed by atoms with Gasteiger partial charge in [-0.2, -0.15) is 4.73 Å². The van der Waals surface area contributed by atoms with Crippen molar-refractivity contribution in [1.29, 1.82) is 0 Å². The van der Waals surface area contributed by atoms with Gasteiger partial charge in [0, 0.05) is 35.6 Å². The molecule has 8 heteroatoms. The van der Waals surface area contributed by atoms with Gasteiger partial charge in [0.15, 0.2) is 0 Å². The van der Waals surface area contributed by atoms with Crippen LogP contribution in [0.1, 0.15) is 30.4 Å². The van der Waals surface area contributed by atoms with E-state index in [4.69, 9.17) is 5.73 Å². The maximum absolute atomic E-state index is 13.4. The molecule has 0 spiro atoms. The number of amides is 1. The second-order valence-electron chi connectivity index (χ2n) is 8.56. The molecule has 164 valence electrons. The number of hydrogen-bond donors (Lipinski definition) is 2. The predicted molar refractivity (Wildman–Crippen MR) is 118 cm³/mol. The van der Waals surface area contributed by atoms with Crippen molar-refractivity contribution in [2.24, 2.45) is 17.6 Å². The number of fused-ring (bicyclic) bond motifs is 3. The third-order valence-electron chi connectivity index (χ3n) is 6.60. The lowest BCUT2D eigenvalue weighted by molar-refractivity contribution is -0.122. The van der Waals surface area contributed by atoms with Crippen molar-refractivity contribution in [3.05, 3.63) is 76.2 Å². The van der Waals surface area contributed by atoms with Crippen molar-refractivity contribution in [1.82, 2.24) is 14.3 Å². The monoisotopic (exact) mass is 434 g/mol. The number of rotatable bonds is 5. The Morgan fingerprint density at radius 1 is 1.22 bits per heavy atom. The Balaban J connectivity index is 1.67. The van der Waals surface area contributed by atoms with Gasteiger partial charge in [0.25, 0.3) is 0 Å². The lowest BCUT2D eigenvalue weighted by Crippen LogP contribution is -2.27. The maximum Gasteiger partial charge on any atom is 0.309 e. The smallest absolute Gasteiger partial charge is 0.309 e. The molecule has 3 N–H and O–H groups in total. The number of pyridine rings is 2. The zero-order valence-corrected chi connectivity index (χ0v) is 17.4. The third-order valence-corrected chi connectivity index (χ3v) is 6.60. The Kier molecular flexibility index (Phi) is 4.92. The molecule has 1 saturated carbocycles. The molecule has 1 amide bonds. The van der Waals surface area contributed by atoms with Gasteiger partial charge in [-0.05, 0) is 54.5 Å². The van der Waals surface area contributed by atoms with Crippen LogP contribution >= 0.6 is 0 Å². The zero-order chi connectivity index (χ0) is 22.4. The van der Waals surface area contributed by atoms with Crippen LogP contribution in [0.2, 0.25) is 0 Å². The number of nitrogens with two attached hydrogens (primary N) is 1. The number of benzene rings is 1.